The lowest BCUT2D eigenvalue weighted by Crippen LogP contribution is -2.21. The minimum atomic E-state index is -4.96. The molecule has 0 bridgehead atoms. The van der Waals surface area contributed by atoms with Gasteiger partial charge in [-0.05, 0) is 15.9 Å². The van der Waals surface area contributed by atoms with Gasteiger partial charge >= 0.3 is 6.36 Å². The average Bonchev–Trinajstić information content (AvgIpc) is 2.10. The summed E-state index contributed by atoms with van der Waals surface area (Å²) in [4.78, 5) is 13.0. The fourth-order valence-electron chi connectivity index (χ4n) is 0.806. The van der Waals surface area contributed by atoms with Gasteiger partial charge in [-0.1, -0.05) is 0 Å². The van der Waals surface area contributed by atoms with Crippen LogP contribution < -0.4 is 10.3 Å². The number of aromatic nitrogens is 1. The summed E-state index contributed by atoms with van der Waals surface area (Å²) >= 11 is 2.73. The summed E-state index contributed by atoms with van der Waals surface area (Å²) in [5.41, 5.74) is -1.68. The van der Waals surface area contributed by atoms with Crippen LogP contribution in [0.2, 0.25) is 0 Å². The van der Waals surface area contributed by atoms with Crippen molar-refractivity contribution >= 4 is 15.9 Å². The number of H-pyrrole nitrogens is 1. The molecule has 1 heterocycles. The van der Waals surface area contributed by atoms with Gasteiger partial charge in [-0.3, -0.25) is 4.79 Å². The zero-order valence-corrected chi connectivity index (χ0v) is 8.44. The van der Waals surface area contributed by atoms with Gasteiger partial charge < -0.3 is 9.72 Å². The Labute approximate surface area is 89.4 Å². The summed E-state index contributed by atoms with van der Waals surface area (Å²) in [6.45, 7) is 0. The molecule has 0 aliphatic heterocycles. The van der Waals surface area contributed by atoms with Gasteiger partial charge in [-0.15, -0.1) is 13.2 Å². The molecule has 0 spiro atoms. The van der Waals surface area contributed by atoms with E-state index >= 15 is 0 Å². The predicted molar refractivity (Wildman–Crippen MR) is 46.2 cm³/mol. The third-order valence-electron chi connectivity index (χ3n) is 1.33. The summed E-state index contributed by atoms with van der Waals surface area (Å²) in [6.07, 6.45) is -3.99. The van der Waals surface area contributed by atoms with Crippen molar-refractivity contribution in [3.8, 4) is 11.8 Å². The summed E-state index contributed by atoms with van der Waals surface area (Å²) in [5.74, 6) is -0.839. The standard InChI is InChI=1S/C7H2BrF3N2O2/c8-4-2-13-6(14)3(1-12)5(4)15-7(9,10)11/h2H,(H,13,14). The van der Waals surface area contributed by atoms with E-state index in [0.29, 0.717) is 0 Å². The first-order chi connectivity index (χ1) is 6.85. The third-order valence-corrected chi connectivity index (χ3v) is 1.92. The fraction of sp³-hybridized carbons (Fsp3) is 0.143. The molecule has 0 fully saturated rings. The maximum absolute atomic E-state index is 11.9. The topological polar surface area (TPSA) is 65.9 Å². The molecule has 1 rings (SSSR count). The van der Waals surface area contributed by atoms with Crippen LogP contribution >= 0.6 is 15.9 Å². The molecule has 0 saturated carbocycles. The van der Waals surface area contributed by atoms with Crippen LogP contribution in [0.1, 0.15) is 5.56 Å². The van der Waals surface area contributed by atoms with Crippen molar-refractivity contribution in [1.29, 1.82) is 5.26 Å². The number of nitrogens with one attached hydrogen (secondary N) is 1. The van der Waals surface area contributed by atoms with E-state index in [1.54, 1.807) is 0 Å². The molecule has 15 heavy (non-hydrogen) atoms. The molecule has 0 unspecified atom stereocenters. The van der Waals surface area contributed by atoms with E-state index in [1.807, 2.05) is 0 Å². The Balaban J connectivity index is 3.34. The van der Waals surface area contributed by atoms with Crippen molar-refractivity contribution in [3.05, 3.63) is 26.6 Å². The third kappa shape index (κ3) is 2.73. The molecule has 80 valence electrons. The number of ether oxygens (including phenoxy) is 1. The minimum absolute atomic E-state index is 0.157. The Bertz CT molecular complexity index is 475. The van der Waals surface area contributed by atoms with Crippen molar-refractivity contribution in [1.82, 2.24) is 4.98 Å². The van der Waals surface area contributed by atoms with E-state index in [1.165, 1.54) is 6.07 Å². The summed E-state index contributed by atoms with van der Waals surface area (Å²) in [6, 6.07) is 1.33. The smallest absolute Gasteiger partial charge is 0.403 e. The second-order valence-corrected chi connectivity index (χ2v) is 3.18. The van der Waals surface area contributed by atoms with Crippen molar-refractivity contribution in [2.45, 2.75) is 6.36 Å². The molecule has 1 N–H and O–H groups in total. The molecule has 0 aliphatic rings. The molecule has 0 atom stereocenters. The highest BCUT2D eigenvalue weighted by Crippen LogP contribution is 2.30. The van der Waals surface area contributed by atoms with Crippen molar-refractivity contribution in [2.75, 3.05) is 0 Å². The van der Waals surface area contributed by atoms with E-state index in [9.17, 15) is 18.0 Å². The second kappa shape index (κ2) is 3.94. The van der Waals surface area contributed by atoms with Crippen LogP contribution in [-0.4, -0.2) is 11.3 Å². The van der Waals surface area contributed by atoms with Crippen molar-refractivity contribution < 1.29 is 17.9 Å². The van der Waals surface area contributed by atoms with Gasteiger partial charge in [0.05, 0.1) is 4.47 Å². The van der Waals surface area contributed by atoms with Gasteiger partial charge in [0.1, 0.15) is 6.07 Å². The molecule has 0 aliphatic carbocycles. The molecular weight excluding hydrogens is 281 g/mol. The van der Waals surface area contributed by atoms with Gasteiger partial charge in [0, 0.05) is 6.20 Å². The Morgan fingerprint density at radius 3 is 2.60 bits per heavy atom. The van der Waals surface area contributed by atoms with Crippen molar-refractivity contribution in [2.24, 2.45) is 0 Å². The highest BCUT2D eigenvalue weighted by atomic mass is 79.9. The lowest BCUT2D eigenvalue weighted by Gasteiger charge is -2.10. The molecule has 0 aromatic carbocycles. The maximum atomic E-state index is 11.9. The van der Waals surface area contributed by atoms with Crippen LogP contribution in [0.5, 0.6) is 5.75 Å². The second-order valence-electron chi connectivity index (χ2n) is 2.33. The quantitative estimate of drug-likeness (QED) is 0.856. The monoisotopic (exact) mass is 282 g/mol. The van der Waals surface area contributed by atoms with Crippen LogP contribution in [0.4, 0.5) is 13.2 Å². The number of aromatic amines is 1. The zero-order valence-electron chi connectivity index (χ0n) is 6.85. The number of alkyl halides is 3. The highest BCUT2D eigenvalue weighted by molar-refractivity contribution is 9.10. The number of nitriles is 1. The van der Waals surface area contributed by atoms with Crippen LogP contribution in [0, 0.1) is 11.3 Å². The largest absolute Gasteiger partial charge is 0.573 e. The molecule has 1 aromatic heterocycles. The van der Waals surface area contributed by atoms with E-state index in [2.05, 4.69) is 25.7 Å². The first-order valence-electron chi connectivity index (χ1n) is 3.42. The fourth-order valence-corrected chi connectivity index (χ4v) is 1.20. The van der Waals surface area contributed by atoms with E-state index in [4.69, 9.17) is 5.26 Å². The van der Waals surface area contributed by atoms with Gasteiger partial charge in [-0.25, -0.2) is 0 Å². The first-order valence-corrected chi connectivity index (χ1v) is 4.21. The lowest BCUT2D eigenvalue weighted by atomic mass is 10.3. The van der Waals surface area contributed by atoms with Crippen LogP contribution in [0.3, 0.4) is 0 Å². The highest BCUT2D eigenvalue weighted by Gasteiger charge is 2.33. The SMILES string of the molecule is N#Cc1c(OC(F)(F)F)c(Br)c[nH]c1=O. The van der Waals surface area contributed by atoms with Gasteiger partial charge in [0.2, 0.25) is 0 Å². The number of hydrogen-bond acceptors (Lipinski definition) is 3. The molecule has 0 radical (unpaired) electrons. The molecular formula is C7H2BrF3N2O2. The summed E-state index contributed by atoms with van der Waals surface area (Å²) < 4.78 is 39.1. The maximum Gasteiger partial charge on any atom is 0.573 e. The molecule has 4 nitrogen and oxygen atoms in total. The van der Waals surface area contributed by atoms with E-state index in [0.717, 1.165) is 6.20 Å². The Morgan fingerprint density at radius 2 is 2.13 bits per heavy atom. The number of nitrogens with zero attached hydrogens (tertiary/aromatic N) is 1. The van der Waals surface area contributed by atoms with Crippen LogP contribution in [-0.2, 0) is 0 Å². The number of halogens is 4. The summed E-state index contributed by atoms with van der Waals surface area (Å²) in [5, 5.41) is 8.48. The lowest BCUT2D eigenvalue weighted by molar-refractivity contribution is -0.275. The molecule has 0 amide bonds. The van der Waals surface area contributed by atoms with Crippen LogP contribution in [0.15, 0.2) is 15.5 Å². The summed E-state index contributed by atoms with van der Waals surface area (Å²) in [7, 11) is 0. The van der Waals surface area contributed by atoms with Crippen molar-refractivity contribution in [3.63, 3.8) is 0 Å². The van der Waals surface area contributed by atoms with E-state index < -0.39 is 23.2 Å². The zero-order chi connectivity index (χ0) is 11.6. The van der Waals surface area contributed by atoms with E-state index in [-0.39, 0.29) is 4.47 Å². The Morgan fingerprint density at radius 1 is 1.53 bits per heavy atom. The average molecular weight is 283 g/mol. The van der Waals surface area contributed by atoms with Gasteiger partial charge in [-0.2, -0.15) is 5.26 Å². The first kappa shape index (κ1) is 11.6. The molecule has 0 saturated heterocycles. The Kier molecular flexibility index (Phi) is 3.04. The number of rotatable bonds is 1. The molecule has 8 heteroatoms. The van der Waals surface area contributed by atoms with Gasteiger partial charge in [0.25, 0.3) is 5.56 Å². The van der Waals surface area contributed by atoms with Crippen LogP contribution in [0.25, 0.3) is 0 Å². The Hall–Kier alpha value is -1.49. The minimum Gasteiger partial charge on any atom is -0.403 e. The number of hydrogen-bond donors (Lipinski definition) is 1. The normalized spacial score (nSPS) is 10.9. The predicted octanol–water partition coefficient (Wildman–Crippen LogP) is 1.91. The van der Waals surface area contributed by atoms with Gasteiger partial charge in [0.15, 0.2) is 11.3 Å². The molecule has 1 aromatic rings. The number of pyridine rings is 1.